The summed E-state index contributed by atoms with van der Waals surface area (Å²) >= 11 is 8.86. The highest BCUT2D eigenvalue weighted by Gasteiger charge is 2.43. The Kier molecular flexibility index (Phi) is 14.2. The summed E-state index contributed by atoms with van der Waals surface area (Å²) in [5.74, 6) is 2.19. The second-order valence-electron chi connectivity index (χ2n) is 16.5. The molecule has 9 nitrogen and oxygen atoms in total. The van der Waals surface area contributed by atoms with Gasteiger partial charge in [0.15, 0.2) is 0 Å². The Bertz CT molecular complexity index is 2140. The molecule has 4 aromatic carbocycles. The first-order chi connectivity index (χ1) is 28.4. The van der Waals surface area contributed by atoms with Gasteiger partial charge in [-0.15, -0.1) is 0 Å². The van der Waals surface area contributed by atoms with E-state index in [4.69, 9.17) is 25.8 Å². The van der Waals surface area contributed by atoms with Crippen LogP contribution in [0, 0.1) is 9.49 Å². The number of aryl methyl sites for hydroxylation is 1. The Hall–Kier alpha value is -3.33. The van der Waals surface area contributed by atoms with Crippen LogP contribution < -0.4 is 19.1 Å². The number of ether oxygens (including phenoxy) is 3. The van der Waals surface area contributed by atoms with E-state index in [0.717, 1.165) is 84.4 Å². The molecule has 316 valence electrons. The quantitative estimate of drug-likeness (QED) is 0.0881. The van der Waals surface area contributed by atoms with Crippen LogP contribution in [0.5, 0.6) is 17.2 Å². The van der Waals surface area contributed by atoms with Crippen LogP contribution in [0.2, 0.25) is 5.02 Å². The van der Waals surface area contributed by atoms with E-state index in [1.165, 1.54) is 14.7 Å². The summed E-state index contributed by atoms with van der Waals surface area (Å²) < 4.78 is 48.8. The maximum Gasteiger partial charge on any atom is 0.217 e. The number of rotatable bonds is 16. The molecule has 12 heteroatoms. The summed E-state index contributed by atoms with van der Waals surface area (Å²) in [5.41, 5.74) is 5.40. The summed E-state index contributed by atoms with van der Waals surface area (Å²) in [6.07, 6.45) is 8.91. The van der Waals surface area contributed by atoms with Crippen LogP contribution in [-0.2, 0) is 34.9 Å². The zero-order valence-electron chi connectivity index (χ0n) is 34.5. The fourth-order valence-corrected chi connectivity index (χ4v) is 11.5. The number of fused-ring (bicyclic) bond motifs is 3. The SMILES string of the molecule is COc1ccc(CN(Cc2ccc(OC)cc2)S(=O)(=O)[C@H](C)[C@@H](C)C/C=C/C(CO)N2CC[C@H]2CN2C[C@@]3(CCCc4cc(Cl)ccc43)COc3ccc(I)cc32)cc1. The third kappa shape index (κ3) is 9.92. The molecule has 7 rings (SSSR count). The molecule has 2 aliphatic heterocycles. The molecule has 0 amide bonds. The molecule has 5 atom stereocenters. The van der Waals surface area contributed by atoms with Gasteiger partial charge in [-0.25, -0.2) is 8.42 Å². The minimum absolute atomic E-state index is 0.0115. The van der Waals surface area contributed by atoms with E-state index < -0.39 is 15.3 Å². The maximum absolute atomic E-state index is 14.4. The monoisotopic (exact) mass is 953 g/mol. The molecule has 1 spiro atoms. The van der Waals surface area contributed by atoms with Crippen molar-refractivity contribution in [2.75, 3.05) is 52.0 Å². The number of anilines is 1. The Morgan fingerprint density at radius 2 is 1.66 bits per heavy atom. The van der Waals surface area contributed by atoms with Crippen LogP contribution in [0.15, 0.2) is 97.1 Å². The lowest BCUT2D eigenvalue weighted by Gasteiger charge is -2.48. The van der Waals surface area contributed by atoms with Gasteiger partial charge in [-0.3, -0.25) is 4.90 Å². The van der Waals surface area contributed by atoms with Crippen molar-refractivity contribution in [3.63, 3.8) is 0 Å². The van der Waals surface area contributed by atoms with E-state index in [2.05, 4.69) is 74.9 Å². The maximum atomic E-state index is 14.4. The van der Waals surface area contributed by atoms with Gasteiger partial charge in [-0.05, 0) is 144 Å². The van der Waals surface area contributed by atoms with Gasteiger partial charge in [-0.1, -0.05) is 61.0 Å². The first kappa shape index (κ1) is 43.7. The van der Waals surface area contributed by atoms with E-state index in [9.17, 15) is 13.5 Å². The van der Waals surface area contributed by atoms with Gasteiger partial charge < -0.3 is 24.2 Å². The van der Waals surface area contributed by atoms with Crippen molar-refractivity contribution in [1.29, 1.82) is 0 Å². The lowest BCUT2D eigenvalue weighted by molar-refractivity contribution is 0.0374. The zero-order valence-corrected chi connectivity index (χ0v) is 38.3. The van der Waals surface area contributed by atoms with Crippen molar-refractivity contribution in [2.45, 2.75) is 81.8 Å². The summed E-state index contributed by atoms with van der Waals surface area (Å²) in [4.78, 5) is 4.93. The molecule has 0 saturated carbocycles. The number of benzene rings is 4. The first-order valence-corrected chi connectivity index (χ1v) is 23.6. The summed E-state index contributed by atoms with van der Waals surface area (Å²) in [6.45, 7) is 7.45. The number of aliphatic hydroxyl groups excluding tert-OH is 1. The number of aliphatic hydroxyl groups is 1. The number of sulfonamides is 1. The predicted octanol–water partition coefficient (Wildman–Crippen LogP) is 8.87. The molecule has 0 aromatic heterocycles. The topological polar surface area (TPSA) is 91.8 Å². The summed E-state index contributed by atoms with van der Waals surface area (Å²) in [5, 5.41) is 10.9. The van der Waals surface area contributed by atoms with Crippen LogP contribution in [0.25, 0.3) is 0 Å². The van der Waals surface area contributed by atoms with Crippen LogP contribution >= 0.6 is 34.2 Å². The molecule has 1 unspecified atom stereocenters. The fraction of sp³-hybridized carbons (Fsp3) is 0.447. The molecule has 0 bridgehead atoms. The number of halogens is 2. The van der Waals surface area contributed by atoms with Crippen molar-refractivity contribution in [2.24, 2.45) is 5.92 Å². The van der Waals surface area contributed by atoms with Gasteiger partial charge in [-0.2, -0.15) is 4.31 Å². The van der Waals surface area contributed by atoms with Gasteiger partial charge in [0.05, 0.1) is 44.4 Å². The molecular formula is C47H57ClIN3O6S. The number of likely N-dealkylation sites (tertiary alicyclic amines) is 1. The third-order valence-corrected chi connectivity index (χ3v) is 16.1. The van der Waals surface area contributed by atoms with Gasteiger partial charge in [0.25, 0.3) is 0 Å². The van der Waals surface area contributed by atoms with Crippen molar-refractivity contribution in [3.05, 3.63) is 128 Å². The molecule has 1 N–H and O–H groups in total. The number of hydrogen-bond donors (Lipinski definition) is 1. The second-order valence-corrected chi connectivity index (χ2v) is 20.5. The number of nitrogens with zero attached hydrogens (tertiary/aromatic N) is 3. The van der Waals surface area contributed by atoms with Gasteiger partial charge in [0, 0.05) is 52.8 Å². The largest absolute Gasteiger partial charge is 0.497 e. The molecule has 1 saturated heterocycles. The standard InChI is InChI=1S/C47H57ClIN3O6S/c1-33(34(2)59(54,55)51(27-35-10-16-42(56-3)17-11-35)28-36-12-18-43(57-4)19-13-36)7-5-9-41(30-53)52-24-22-40(52)29-50-31-47(32-58-46-21-15-39(49)26-45(46)50)23-6-8-37-25-38(48)14-20-44(37)47/h5,9-21,25-26,33-34,40-41,53H,6-8,22-24,27-32H2,1-4H3/b9-5+/t33-,34+,40-,41?,47-/m0/s1. The van der Waals surface area contributed by atoms with E-state index in [-0.39, 0.29) is 43.1 Å². The van der Waals surface area contributed by atoms with Gasteiger partial charge >= 0.3 is 0 Å². The van der Waals surface area contributed by atoms with Crippen LogP contribution in [0.3, 0.4) is 0 Å². The van der Waals surface area contributed by atoms with E-state index in [1.54, 1.807) is 18.5 Å². The molecule has 2 heterocycles. The van der Waals surface area contributed by atoms with Crippen molar-refractivity contribution in [3.8, 4) is 17.2 Å². The van der Waals surface area contributed by atoms with E-state index in [1.807, 2.05) is 68.4 Å². The molecule has 1 fully saturated rings. The zero-order chi connectivity index (χ0) is 41.7. The summed E-state index contributed by atoms with van der Waals surface area (Å²) in [7, 11) is -0.494. The number of methoxy groups -OCH3 is 2. The lowest BCUT2D eigenvalue weighted by Crippen LogP contribution is -2.59. The predicted molar refractivity (Wildman–Crippen MR) is 245 cm³/mol. The molecule has 4 aromatic rings. The average Bonchev–Trinajstić information content (AvgIpc) is 3.38. The smallest absolute Gasteiger partial charge is 0.217 e. The Morgan fingerprint density at radius 3 is 2.27 bits per heavy atom. The number of allylic oxidation sites excluding steroid dienone is 1. The highest BCUT2D eigenvalue weighted by Crippen LogP contribution is 2.45. The average molecular weight is 954 g/mol. The molecule has 1 aliphatic carbocycles. The Labute approximate surface area is 369 Å². The van der Waals surface area contributed by atoms with E-state index in [0.29, 0.717) is 13.0 Å². The van der Waals surface area contributed by atoms with Crippen molar-refractivity contribution in [1.82, 2.24) is 9.21 Å². The molecular weight excluding hydrogens is 897 g/mol. The highest BCUT2D eigenvalue weighted by molar-refractivity contribution is 14.1. The van der Waals surface area contributed by atoms with Crippen molar-refractivity contribution >= 4 is 49.9 Å². The lowest BCUT2D eigenvalue weighted by atomic mass is 9.70. The number of hydrogen-bond acceptors (Lipinski definition) is 8. The normalized spacial score (nSPS) is 20.9. The first-order valence-electron chi connectivity index (χ1n) is 20.7. The van der Waals surface area contributed by atoms with Crippen LogP contribution in [0.4, 0.5) is 5.69 Å². The van der Waals surface area contributed by atoms with E-state index >= 15 is 0 Å². The molecule has 59 heavy (non-hydrogen) atoms. The highest BCUT2D eigenvalue weighted by atomic mass is 127. The van der Waals surface area contributed by atoms with Gasteiger partial charge in [0.1, 0.15) is 17.2 Å². The van der Waals surface area contributed by atoms with Crippen LogP contribution in [-0.4, -0.2) is 87.1 Å². The Morgan fingerprint density at radius 1 is 0.983 bits per heavy atom. The third-order valence-electron chi connectivity index (χ3n) is 12.8. The van der Waals surface area contributed by atoms with Gasteiger partial charge in [0.2, 0.25) is 10.0 Å². The van der Waals surface area contributed by atoms with Crippen molar-refractivity contribution < 1.29 is 27.7 Å². The fourth-order valence-electron chi connectivity index (χ4n) is 8.99. The van der Waals surface area contributed by atoms with Crippen LogP contribution in [0.1, 0.15) is 61.8 Å². The summed E-state index contributed by atoms with van der Waals surface area (Å²) in [6, 6.07) is 28.0. The molecule has 3 aliphatic rings. The minimum atomic E-state index is -3.73. The molecule has 0 radical (unpaired) electrons. The second kappa shape index (κ2) is 19.2. The minimum Gasteiger partial charge on any atom is -0.497 e. The Balaban J connectivity index is 1.04.